The standard InChI is InChI=1S/C18H8N4/c19-7-11(8-20)17-13-3-1-2-4-14(13)18(12(9-21)10-22)16-6-5-15(16)17/h1-4H,5-6H2. The number of fused-ring (bicyclic) bond motifs is 2. The van der Waals surface area contributed by atoms with Crippen molar-refractivity contribution < 1.29 is 0 Å². The predicted molar refractivity (Wildman–Crippen MR) is 79.9 cm³/mol. The van der Waals surface area contributed by atoms with E-state index in [0.29, 0.717) is 10.4 Å². The molecular formula is C18H8N4. The second-order valence-corrected chi connectivity index (χ2v) is 4.95. The lowest BCUT2D eigenvalue weighted by Gasteiger charge is -2.22. The molecule has 0 aliphatic heterocycles. The molecule has 0 aromatic heterocycles. The maximum Gasteiger partial charge on any atom is 0.137 e. The van der Waals surface area contributed by atoms with Gasteiger partial charge in [0.1, 0.15) is 35.4 Å². The Morgan fingerprint density at radius 3 is 1.32 bits per heavy atom. The van der Waals surface area contributed by atoms with E-state index < -0.39 is 0 Å². The number of rotatable bonds is 0. The van der Waals surface area contributed by atoms with Crippen LogP contribution in [0.15, 0.2) is 24.3 Å². The molecular weight excluding hydrogens is 272 g/mol. The molecule has 0 N–H and O–H groups in total. The van der Waals surface area contributed by atoms with Crippen molar-refractivity contribution in [2.24, 2.45) is 0 Å². The van der Waals surface area contributed by atoms with Crippen LogP contribution < -0.4 is 10.4 Å². The Kier molecular flexibility index (Phi) is 3.08. The summed E-state index contributed by atoms with van der Waals surface area (Å²) in [6.45, 7) is 0. The normalized spacial score (nSPS) is 11.1. The van der Waals surface area contributed by atoms with Gasteiger partial charge in [-0.05, 0) is 34.7 Å². The average molecular weight is 280 g/mol. The van der Waals surface area contributed by atoms with Crippen molar-refractivity contribution in [2.75, 3.05) is 0 Å². The fraction of sp³-hybridized carbons (Fsp3) is 0.111. The summed E-state index contributed by atoms with van der Waals surface area (Å²) >= 11 is 0. The first-order chi connectivity index (χ1) is 10.8. The molecule has 1 aliphatic carbocycles. The van der Waals surface area contributed by atoms with E-state index in [4.69, 9.17) is 0 Å². The Hall–Kier alpha value is -3.60. The van der Waals surface area contributed by atoms with Crippen LogP contribution in [0.2, 0.25) is 0 Å². The van der Waals surface area contributed by atoms with Crippen LogP contribution in [-0.2, 0) is 12.8 Å². The highest BCUT2D eigenvalue weighted by Gasteiger charge is 2.22. The first kappa shape index (κ1) is 13.4. The second-order valence-electron chi connectivity index (χ2n) is 4.95. The van der Waals surface area contributed by atoms with Crippen molar-refractivity contribution in [3.63, 3.8) is 0 Å². The van der Waals surface area contributed by atoms with Gasteiger partial charge in [-0.15, -0.1) is 0 Å². The summed E-state index contributed by atoms with van der Waals surface area (Å²) in [6, 6.07) is 15.1. The zero-order chi connectivity index (χ0) is 15.7. The Morgan fingerprint density at radius 2 is 1.05 bits per heavy atom. The topological polar surface area (TPSA) is 95.2 Å². The molecule has 0 saturated carbocycles. The van der Waals surface area contributed by atoms with E-state index in [2.05, 4.69) is 0 Å². The van der Waals surface area contributed by atoms with Gasteiger partial charge in [-0.1, -0.05) is 24.3 Å². The molecule has 0 fully saturated rings. The molecule has 0 bridgehead atoms. The summed E-state index contributed by atoms with van der Waals surface area (Å²) < 4.78 is 0. The van der Waals surface area contributed by atoms with Gasteiger partial charge < -0.3 is 0 Å². The Morgan fingerprint density at radius 1 is 0.682 bits per heavy atom. The number of hydrogen-bond donors (Lipinski definition) is 0. The number of nitrogens with zero attached hydrogens (tertiary/aromatic N) is 4. The Labute approximate surface area is 126 Å². The lowest BCUT2D eigenvalue weighted by molar-refractivity contribution is 0.826. The largest absolute Gasteiger partial charge is 0.192 e. The van der Waals surface area contributed by atoms with Crippen LogP contribution in [0.4, 0.5) is 0 Å². The molecule has 0 saturated heterocycles. The van der Waals surface area contributed by atoms with Gasteiger partial charge in [-0.2, -0.15) is 21.0 Å². The smallest absolute Gasteiger partial charge is 0.137 e. The molecule has 100 valence electrons. The van der Waals surface area contributed by atoms with Crippen molar-refractivity contribution in [1.82, 2.24) is 0 Å². The monoisotopic (exact) mass is 280 g/mol. The third-order valence-electron chi connectivity index (χ3n) is 4.01. The molecule has 1 aliphatic rings. The van der Waals surface area contributed by atoms with Crippen molar-refractivity contribution in [1.29, 1.82) is 21.0 Å². The Bertz CT molecular complexity index is 987. The third-order valence-corrected chi connectivity index (χ3v) is 4.01. The van der Waals surface area contributed by atoms with Gasteiger partial charge in [0.25, 0.3) is 0 Å². The Balaban J connectivity index is 2.78. The molecule has 0 heterocycles. The molecule has 2 aromatic rings. The average Bonchev–Trinajstić information content (AvgIpc) is 2.53. The van der Waals surface area contributed by atoms with Crippen molar-refractivity contribution >= 4 is 21.9 Å². The molecule has 0 atom stereocenters. The van der Waals surface area contributed by atoms with Crippen molar-refractivity contribution in [3.05, 3.63) is 45.8 Å². The lowest BCUT2D eigenvalue weighted by atomic mass is 9.80. The third kappa shape index (κ3) is 1.66. The fourth-order valence-corrected chi connectivity index (χ4v) is 3.02. The van der Waals surface area contributed by atoms with E-state index in [9.17, 15) is 21.0 Å². The minimum atomic E-state index is 0.0779. The summed E-state index contributed by atoms with van der Waals surface area (Å²) in [6.07, 6.45) is 1.50. The van der Waals surface area contributed by atoms with Crippen LogP contribution in [0.25, 0.3) is 21.9 Å². The summed E-state index contributed by atoms with van der Waals surface area (Å²) in [7, 11) is 0. The van der Waals surface area contributed by atoms with Crippen LogP contribution >= 0.6 is 0 Å². The minimum Gasteiger partial charge on any atom is -0.192 e. The van der Waals surface area contributed by atoms with E-state index in [1.165, 1.54) is 0 Å². The molecule has 3 rings (SSSR count). The van der Waals surface area contributed by atoms with Gasteiger partial charge in [0.2, 0.25) is 0 Å². The van der Waals surface area contributed by atoms with Gasteiger partial charge in [-0.25, -0.2) is 0 Å². The molecule has 0 unspecified atom stereocenters. The van der Waals surface area contributed by atoms with E-state index in [1.807, 2.05) is 48.5 Å². The molecule has 22 heavy (non-hydrogen) atoms. The van der Waals surface area contributed by atoms with Crippen LogP contribution in [0.3, 0.4) is 0 Å². The maximum atomic E-state index is 9.23. The van der Waals surface area contributed by atoms with Crippen LogP contribution in [0.1, 0.15) is 11.1 Å². The van der Waals surface area contributed by atoms with E-state index in [-0.39, 0.29) is 11.1 Å². The first-order valence-electron chi connectivity index (χ1n) is 6.68. The van der Waals surface area contributed by atoms with Gasteiger partial charge >= 0.3 is 0 Å². The molecule has 0 amide bonds. The van der Waals surface area contributed by atoms with E-state index >= 15 is 0 Å². The predicted octanol–water partition coefficient (Wildman–Crippen LogP) is 1.33. The summed E-state index contributed by atoms with van der Waals surface area (Å²) in [5, 5.41) is 39.7. The van der Waals surface area contributed by atoms with Crippen molar-refractivity contribution in [3.8, 4) is 24.3 Å². The minimum absolute atomic E-state index is 0.0779. The quantitative estimate of drug-likeness (QED) is 0.727. The zero-order valence-corrected chi connectivity index (χ0v) is 11.5. The SMILES string of the molecule is N#CC(C#N)=c1c2c(c(=C(C#N)C#N)c3ccccc13)CC2. The molecule has 0 radical (unpaired) electrons. The van der Waals surface area contributed by atoms with E-state index in [0.717, 1.165) is 34.7 Å². The van der Waals surface area contributed by atoms with Gasteiger partial charge in [0, 0.05) is 10.4 Å². The van der Waals surface area contributed by atoms with Crippen molar-refractivity contribution in [2.45, 2.75) is 12.8 Å². The lowest BCUT2D eigenvalue weighted by Crippen LogP contribution is -2.33. The molecule has 2 aromatic carbocycles. The first-order valence-corrected chi connectivity index (χ1v) is 6.68. The van der Waals surface area contributed by atoms with Gasteiger partial charge in [-0.3, -0.25) is 0 Å². The number of benzene rings is 2. The fourth-order valence-electron chi connectivity index (χ4n) is 3.02. The summed E-state index contributed by atoms with van der Waals surface area (Å²) in [5.74, 6) is 0. The molecule has 4 nitrogen and oxygen atoms in total. The highest BCUT2D eigenvalue weighted by atomic mass is 14.3. The molecule has 4 heteroatoms. The zero-order valence-electron chi connectivity index (χ0n) is 11.5. The van der Waals surface area contributed by atoms with Crippen LogP contribution in [0, 0.1) is 45.3 Å². The summed E-state index contributed by atoms with van der Waals surface area (Å²) in [5.41, 5.74) is 1.98. The van der Waals surface area contributed by atoms with E-state index in [1.54, 1.807) is 0 Å². The summed E-state index contributed by atoms with van der Waals surface area (Å²) in [4.78, 5) is 0. The molecule has 0 spiro atoms. The highest BCUT2D eigenvalue weighted by Crippen LogP contribution is 2.21. The van der Waals surface area contributed by atoms with Crippen LogP contribution in [-0.4, -0.2) is 0 Å². The van der Waals surface area contributed by atoms with Gasteiger partial charge in [0.15, 0.2) is 0 Å². The number of hydrogen-bond acceptors (Lipinski definition) is 4. The highest BCUT2D eigenvalue weighted by molar-refractivity contribution is 5.94. The van der Waals surface area contributed by atoms with Gasteiger partial charge in [0.05, 0.1) is 0 Å². The van der Waals surface area contributed by atoms with Crippen LogP contribution in [0.5, 0.6) is 0 Å². The number of nitriles is 4. The maximum absolute atomic E-state index is 9.23. The second kappa shape index (κ2) is 5.06.